The number of nitrogens with zero attached hydrogens (tertiary/aromatic N) is 2. The van der Waals surface area contributed by atoms with E-state index in [9.17, 15) is 9.59 Å². The molecule has 0 aliphatic heterocycles. The minimum absolute atomic E-state index is 0.133. The molecule has 2 amide bonds. The normalized spacial score (nSPS) is 17.1. The average Bonchev–Trinajstić information content (AvgIpc) is 2.97. The fourth-order valence-electron chi connectivity index (χ4n) is 3.03. The number of benzene rings is 1. The van der Waals surface area contributed by atoms with Crippen LogP contribution in [-0.2, 0) is 21.4 Å². The van der Waals surface area contributed by atoms with Crippen LogP contribution in [0.3, 0.4) is 0 Å². The molecule has 138 valence electrons. The minimum atomic E-state index is -0.705. The van der Waals surface area contributed by atoms with Crippen LogP contribution >= 0.6 is 11.5 Å². The van der Waals surface area contributed by atoms with E-state index >= 15 is 0 Å². The fourth-order valence-corrected chi connectivity index (χ4v) is 3.78. The van der Waals surface area contributed by atoms with Crippen LogP contribution in [-0.4, -0.2) is 21.2 Å². The number of nitrogens with one attached hydrogen (secondary N) is 2. The Morgan fingerprint density at radius 2 is 1.92 bits per heavy atom. The van der Waals surface area contributed by atoms with Crippen molar-refractivity contribution in [2.24, 2.45) is 0 Å². The van der Waals surface area contributed by atoms with E-state index in [1.165, 1.54) is 5.56 Å². The largest absolute Gasteiger partial charge is 0.341 e. The van der Waals surface area contributed by atoms with Crippen molar-refractivity contribution in [3.8, 4) is 0 Å². The van der Waals surface area contributed by atoms with Crippen LogP contribution < -0.4 is 10.6 Å². The molecule has 26 heavy (non-hydrogen) atoms. The van der Waals surface area contributed by atoms with Gasteiger partial charge in [-0.25, -0.2) is 4.98 Å². The van der Waals surface area contributed by atoms with E-state index in [4.69, 9.17) is 0 Å². The number of aryl methyl sites for hydroxylation is 1. The summed E-state index contributed by atoms with van der Waals surface area (Å²) in [5.74, 6) is -0.696. The molecule has 1 aliphatic rings. The molecule has 0 fully saturated rings. The number of amides is 2. The van der Waals surface area contributed by atoms with Crippen molar-refractivity contribution in [1.29, 1.82) is 0 Å². The Bertz CT molecular complexity index is 810. The van der Waals surface area contributed by atoms with Crippen molar-refractivity contribution < 1.29 is 9.59 Å². The van der Waals surface area contributed by atoms with Gasteiger partial charge >= 0.3 is 11.8 Å². The lowest BCUT2D eigenvalue weighted by Crippen LogP contribution is -2.38. The van der Waals surface area contributed by atoms with Crippen molar-refractivity contribution in [3.63, 3.8) is 0 Å². The highest BCUT2D eigenvalue weighted by Crippen LogP contribution is 2.28. The molecule has 7 heteroatoms. The molecule has 3 rings (SSSR count). The molecule has 1 heterocycles. The van der Waals surface area contributed by atoms with Crippen LogP contribution in [0.15, 0.2) is 24.3 Å². The van der Waals surface area contributed by atoms with Gasteiger partial charge in [0.05, 0.1) is 6.04 Å². The lowest BCUT2D eigenvalue weighted by molar-refractivity contribution is -0.136. The maximum absolute atomic E-state index is 12.4. The summed E-state index contributed by atoms with van der Waals surface area (Å²) in [7, 11) is 0. The molecule has 0 spiro atoms. The topological polar surface area (TPSA) is 84.0 Å². The summed E-state index contributed by atoms with van der Waals surface area (Å²) in [6, 6.07) is 7.97. The second kappa shape index (κ2) is 7.53. The Hall–Kier alpha value is -2.28. The van der Waals surface area contributed by atoms with Gasteiger partial charge in [-0.1, -0.05) is 51.5 Å². The predicted octanol–water partition coefficient (Wildman–Crippen LogP) is 3.36. The van der Waals surface area contributed by atoms with Crippen molar-refractivity contribution in [2.75, 3.05) is 5.32 Å². The highest BCUT2D eigenvalue weighted by atomic mass is 32.1. The first-order valence-corrected chi connectivity index (χ1v) is 9.66. The number of anilines is 1. The van der Waals surface area contributed by atoms with Gasteiger partial charge in [0, 0.05) is 16.9 Å². The van der Waals surface area contributed by atoms with Crippen LogP contribution in [0.5, 0.6) is 0 Å². The van der Waals surface area contributed by atoms with Crippen molar-refractivity contribution >= 4 is 28.5 Å². The summed E-state index contributed by atoms with van der Waals surface area (Å²) in [5, 5.41) is 5.78. The maximum Gasteiger partial charge on any atom is 0.315 e. The predicted molar refractivity (Wildman–Crippen MR) is 102 cm³/mol. The SMILES string of the molecule is CC(C)(C)c1nsc(NC(=O)C(=O)N[C@@H]2CCCCc3ccccc32)n1. The molecule has 1 aromatic carbocycles. The van der Waals surface area contributed by atoms with E-state index < -0.39 is 11.8 Å². The van der Waals surface area contributed by atoms with E-state index in [2.05, 4.69) is 26.1 Å². The van der Waals surface area contributed by atoms with Crippen molar-refractivity contribution in [1.82, 2.24) is 14.7 Å². The fraction of sp³-hybridized carbons (Fsp3) is 0.474. The van der Waals surface area contributed by atoms with Gasteiger partial charge in [0.1, 0.15) is 5.82 Å². The zero-order chi connectivity index (χ0) is 18.7. The van der Waals surface area contributed by atoms with Gasteiger partial charge in [0.2, 0.25) is 5.13 Å². The smallest absolute Gasteiger partial charge is 0.315 e. The third-order valence-corrected chi connectivity index (χ3v) is 5.08. The van der Waals surface area contributed by atoms with Gasteiger partial charge in [-0.05, 0) is 30.4 Å². The number of fused-ring (bicyclic) bond motifs is 1. The second-order valence-electron chi connectivity index (χ2n) is 7.60. The van der Waals surface area contributed by atoms with Crippen molar-refractivity contribution in [3.05, 3.63) is 41.2 Å². The zero-order valence-electron chi connectivity index (χ0n) is 15.3. The van der Waals surface area contributed by atoms with Crippen LogP contribution in [0.4, 0.5) is 5.13 Å². The van der Waals surface area contributed by atoms with E-state index in [0.29, 0.717) is 11.0 Å². The second-order valence-corrected chi connectivity index (χ2v) is 8.35. The Labute approximate surface area is 157 Å². The molecule has 2 N–H and O–H groups in total. The quantitative estimate of drug-likeness (QED) is 0.625. The van der Waals surface area contributed by atoms with Crippen LogP contribution in [0, 0.1) is 0 Å². The molecule has 6 nitrogen and oxygen atoms in total. The summed E-state index contributed by atoms with van der Waals surface area (Å²) in [6.45, 7) is 5.99. The zero-order valence-corrected chi connectivity index (χ0v) is 16.2. The molecular weight excluding hydrogens is 348 g/mol. The van der Waals surface area contributed by atoms with Gasteiger partial charge in [0.25, 0.3) is 0 Å². The Morgan fingerprint density at radius 3 is 2.65 bits per heavy atom. The average molecular weight is 372 g/mol. The molecule has 0 unspecified atom stereocenters. The van der Waals surface area contributed by atoms with E-state index in [0.717, 1.165) is 42.8 Å². The maximum atomic E-state index is 12.4. The number of carbonyl (C=O) groups is 2. The first-order chi connectivity index (χ1) is 12.3. The number of hydrogen-bond acceptors (Lipinski definition) is 5. The Balaban J connectivity index is 1.66. The minimum Gasteiger partial charge on any atom is -0.341 e. The summed E-state index contributed by atoms with van der Waals surface area (Å²) < 4.78 is 4.24. The van der Waals surface area contributed by atoms with Gasteiger partial charge in [-0.3, -0.25) is 14.9 Å². The van der Waals surface area contributed by atoms with Crippen LogP contribution in [0.25, 0.3) is 0 Å². The lowest BCUT2D eigenvalue weighted by atomic mass is 9.96. The van der Waals surface area contributed by atoms with Crippen LogP contribution in [0.2, 0.25) is 0 Å². The van der Waals surface area contributed by atoms with Gasteiger partial charge in [-0.15, -0.1) is 0 Å². The highest BCUT2D eigenvalue weighted by molar-refractivity contribution is 7.10. The summed E-state index contributed by atoms with van der Waals surface area (Å²) in [4.78, 5) is 28.9. The highest BCUT2D eigenvalue weighted by Gasteiger charge is 2.25. The Kier molecular flexibility index (Phi) is 5.36. The number of aromatic nitrogens is 2. The molecule has 0 saturated heterocycles. The Morgan fingerprint density at radius 1 is 1.15 bits per heavy atom. The number of carbonyl (C=O) groups excluding carboxylic acids is 2. The van der Waals surface area contributed by atoms with Gasteiger partial charge in [-0.2, -0.15) is 4.37 Å². The molecule has 1 aromatic heterocycles. The number of hydrogen-bond donors (Lipinski definition) is 2. The molecular formula is C19H24N4O2S. The van der Waals surface area contributed by atoms with E-state index in [1.54, 1.807) is 0 Å². The van der Waals surface area contributed by atoms with E-state index in [-0.39, 0.29) is 11.5 Å². The third kappa shape index (κ3) is 4.27. The third-order valence-electron chi connectivity index (χ3n) is 4.45. The molecule has 2 aromatic rings. The van der Waals surface area contributed by atoms with Crippen LogP contribution in [0.1, 0.15) is 63.0 Å². The first-order valence-electron chi connectivity index (χ1n) is 8.88. The molecule has 0 radical (unpaired) electrons. The molecule has 1 aliphatic carbocycles. The molecule has 1 atom stereocenters. The monoisotopic (exact) mass is 372 g/mol. The van der Waals surface area contributed by atoms with E-state index in [1.807, 2.05) is 39.0 Å². The van der Waals surface area contributed by atoms with Gasteiger partial charge < -0.3 is 5.32 Å². The number of rotatable bonds is 2. The van der Waals surface area contributed by atoms with Gasteiger partial charge in [0.15, 0.2) is 0 Å². The standard InChI is InChI=1S/C19H24N4O2S/c1-19(2,3)17-22-18(26-23-17)21-16(25)15(24)20-14-11-7-5-9-12-8-4-6-10-13(12)14/h4,6,8,10,14H,5,7,9,11H2,1-3H3,(H,20,24)(H,21,22,23,25)/t14-/m1/s1. The first kappa shape index (κ1) is 18.5. The molecule has 0 saturated carbocycles. The summed E-state index contributed by atoms with van der Waals surface area (Å²) >= 11 is 1.09. The lowest BCUT2D eigenvalue weighted by Gasteiger charge is -2.18. The molecule has 0 bridgehead atoms. The summed E-state index contributed by atoms with van der Waals surface area (Å²) in [5.41, 5.74) is 2.15. The summed E-state index contributed by atoms with van der Waals surface area (Å²) in [6.07, 6.45) is 3.96. The van der Waals surface area contributed by atoms with Crippen molar-refractivity contribution in [2.45, 2.75) is 57.9 Å².